The number of ether oxygens (including phenoxy) is 1. The summed E-state index contributed by atoms with van der Waals surface area (Å²) in [6.07, 6.45) is 7.78. The van der Waals surface area contributed by atoms with Gasteiger partial charge in [0.05, 0.1) is 29.7 Å². The molecule has 4 aliphatic heterocycles. The van der Waals surface area contributed by atoms with Crippen LogP contribution in [0.4, 0.5) is 18.9 Å². The highest BCUT2D eigenvalue weighted by Crippen LogP contribution is 2.59. The predicted octanol–water partition coefficient (Wildman–Crippen LogP) is 6.88. The van der Waals surface area contributed by atoms with E-state index in [2.05, 4.69) is 74.4 Å². The number of anilines is 1. The van der Waals surface area contributed by atoms with Gasteiger partial charge in [-0.05, 0) is 103 Å². The Morgan fingerprint density at radius 3 is 2.60 bits per heavy atom. The molecule has 6 unspecified atom stereocenters. The number of alkyl halides is 3. The Morgan fingerprint density at radius 1 is 0.979 bits per heavy atom. The molecule has 2 aromatic rings. The Balaban J connectivity index is 1.04. The van der Waals surface area contributed by atoms with Crippen molar-refractivity contribution in [3.63, 3.8) is 0 Å². The van der Waals surface area contributed by atoms with Crippen LogP contribution in [0.1, 0.15) is 90.6 Å². The Hall–Kier alpha value is -1.99. The summed E-state index contributed by atoms with van der Waals surface area (Å²) in [5.41, 5.74) is -0.175. The first-order valence-electron chi connectivity index (χ1n) is 17.8. The molecule has 7 rings (SSSR count). The zero-order valence-corrected chi connectivity index (χ0v) is 28.7. The average Bonchev–Trinajstić information content (AvgIpc) is 3.60. The zero-order valence-electron chi connectivity index (χ0n) is 27.9. The van der Waals surface area contributed by atoms with Gasteiger partial charge < -0.3 is 9.64 Å². The molecule has 4 bridgehead atoms. The first-order valence-corrected chi connectivity index (χ1v) is 18.7. The van der Waals surface area contributed by atoms with E-state index >= 15 is 0 Å². The Morgan fingerprint density at radius 2 is 1.81 bits per heavy atom. The first kappa shape index (κ1) is 33.5. The summed E-state index contributed by atoms with van der Waals surface area (Å²) in [5, 5.41) is 13.0. The number of nitrogens with zero attached hydrogens (tertiary/aromatic N) is 4. The Bertz CT molecular complexity index is 1320. The van der Waals surface area contributed by atoms with Gasteiger partial charge in [-0.25, -0.2) is 0 Å². The van der Waals surface area contributed by atoms with E-state index in [4.69, 9.17) is 4.74 Å². The van der Waals surface area contributed by atoms with Crippen molar-refractivity contribution in [2.24, 2.45) is 17.3 Å². The minimum absolute atomic E-state index is 0.00309. The van der Waals surface area contributed by atoms with E-state index in [9.17, 15) is 13.2 Å². The third-order valence-corrected chi connectivity index (χ3v) is 12.5. The van der Waals surface area contributed by atoms with E-state index in [1.54, 1.807) is 6.07 Å². The molecule has 0 radical (unpaired) electrons. The van der Waals surface area contributed by atoms with Gasteiger partial charge in [0.25, 0.3) is 0 Å². The summed E-state index contributed by atoms with van der Waals surface area (Å²) in [4.78, 5) is 5.33. The van der Waals surface area contributed by atoms with Gasteiger partial charge in [0, 0.05) is 49.0 Å². The number of fused-ring (bicyclic) bond motifs is 6. The van der Waals surface area contributed by atoms with E-state index in [1.807, 2.05) is 22.8 Å². The second-order valence-electron chi connectivity index (χ2n) is 15.2. The van der Waals surface area contributed by atoms with Crippen molar-refractivity contribution in [1.29, 1.82) is 0 Å². The lowest BCUT2D eigenvalue weighted by molar-refractivity contribution is -0.190. The number of benzene rings is 1. The SMILES string of the molecule is CC1(C)C[C@@H]2CCCN(c3ccccc3)C3CCCC(N3)SNCC3CCC(n4ccc(OCCC5(C(F)(F)F)CC5)n4)NC3N1C2. The smallest absolute Gasteiger partial charge is 0.394 e. The summed E-state index contributed by atoms with van der Waals surface area (Å²) in [6.45, 7) is 7.89. The van der Waals surface area contributed by atoms with E-state index in [0.29, 0.717) is 29.3 Å². The molecule has 5 aliphatic rings. The summed E-state index contributed by atoms with van der Waals surface area (Å²) in [6, 6.07) is 12.7. The molecule has 1 saturated carbocycles. The van der Waals surface area contributed by atoms with Gasteiger partial charge in [0.1, 0.15) is 6.17 Å². The van der Waals surface area contributed by atoms with Crippen LogP contribution < -0.4 is 25.0 Å². The van der Waals surface area contributed by atoms with Crippen molar-refractivity contribution in [3.8, 4) is 5.88 Å². The maximum atomic E-state index is 13.4. The number of halogens is 3. The molecule has 1 aromatic carbocycles. The number of aromatic nitrogens is 2. The van der Waals surface area contributed by atoms with Gasteiger partial charge in [-0.3, -0.25) is 24.9 Å². The Kier molecular flexibility index (Phi) is 9.79. The zero-order chi connectivity index (χ0) is 32.6. The van der Waals surface area contributed by atoms with Crippen LogP contribution >= 0.6 is 11.9 Å². The van der Waals surface area contributed by atoms with Crippen LogP contribution in [0, 0.1) is 17.3 Å². The van der Waals surface area contributed by atoms with Crippen LogP contribution in [-0.2, 0) is 0 Å². The van der Waals surface area contributed by atoms with Gasteiger partial charge in [0.15, 0.2) is 0 Å². The number of piperidine rings is 2. The van der Waals surface area contributed by atoms with Crippen molar-refractivity contribution in [3.05, 3.63) is 42.6 Å². The predicted molar refractivity (Wildman–Crippen MR) is 181 cm³/mol. The topological polar surface area (TPSA) is 69.6 Å². The quantitative estimate of drug-likeness (QED) is 0.287. The number of nitrogens with one attached hydrogen (secondary N) is 3. The number of hydrogen-bond donors (Lipinski definition) is 3. The highest BCUT2D eigenvalue weighted by molar-refractivity contribution is 7.98. The van der Waals surface area contributed by atoms with Crippen LogP contribution in [0.15, 0.2) is 42.6 Å². The molecule has 0 amide bonds. The third-order valence-electron chi connectivity index (χ3n) is 11.5. The van der Waals surface area contributed by atoms with E-state index in [-0.39, 0.29) is 43.7 Å². The molecule has 5 heterocycles. The van der Waals surface area contributed by atoms with Crippen LogP contribution in [0.2, 0.25) is 0 Å². The maximum absolute atomic E-state index is 13.4. The second-order valence-corrected chi connectivity index (χ2v) is 16.3. The molecular weight excluding hydrogens is 623 g/mol. The lowest BCUT2D eigenvalue weighted by atomic mass is 9.90. The van der Waals surface area contributed by atoms with Crippen molar-refractivity contribution in [1.82, 2.24) is 30.0 Å². The van der Waals surface area contributed by atoms with Gasteiger partial charge in [-0.15, -0.1) is 5.10 Å². The van der Waals surface area contributed by atoms with Crippen LogP contribution in [-0.4, -0.2) is 70.3 Å². The molecule has 4 saturated heterocycles. The summed E-state index contributed by atoms with van der Waals surface area (Å²) >= 11 is 1.86. The second kappa shape index (κ2) is 13.7. The minimum Gasteiger partial charge on any atom is -0.477 e. The van der Waals surface area contributed by atoms with E-state index in [0.717, 1.165) is 38.9 Å². The largest absolute Gasteiger partial charge is 0.477 e. The van der Waals surface area contributed by atoms with Gasteiger partial charge in [0.2, 0.25) is 5.88 Å². The molecular formula is C35H52F3N7OS. The third kappa shape index (κ3) is 7.46. The van der Waals surface area contributed by atoms with Crippen molar-refractivity contribution >= 4 is 17.6 Å². The van der Waals surface area contributed by atoms with Crippen LogP contribution in [0.3, 0.4) is 0 Å². The standard InChI is InChI=1S/C35H52F3N7OS/c1-33(2)22-25-8-7-19-43(27-9-4-3-5-10-27)28-11-6-12-31(40-28)47-39-23-26-13-14-29(41-32(26)44(33)24-25)45-20-15-30(42-45)46-21-18-34(16-17-34)35(36,37)38/h3-5,9-10,15,20,25-26,28-29,31-32,39-41H,6-8,11-14,16-19,21-24H2,1-2H3/t25-,26?,28?,29?,31?,32?/m0/s1. The van der Waals surface area contributed by atoms with Gasteiger partial charge in [-0.2, -0.15) is 13.2 Å². The molecule has 7 atom stereocenters. The molecule has 5 fully saturated rings. The van der Waals surface area contributed by atoms with Crippen molar-refractivity contribution in [2.45, 2.75) is 120 Å². The Labute approximate surface area is 282 Å². The van der Waals surface area contributed by atoms with E-state index < -0.39 is 11.6 Å². The fourth-order valence-corrected chi connectivity index (χ4v) is 9.69. The maximum Gasteiger partial charge on any atom is 0.394 e. The number of hydrogen-bond acceptors (Lipinski definition) is 8. The van der Waals surface area contributed by atoms with Gasteiger partial charge in [-0.1, -0.05) is 30.1 Å². The van der Waals surface area contributed by atoms with Crippen LogP contribution in [0.5, 0.6) is 5.88 Å². The molecule has 260 valence electrons. The lowest BCUT2D eigenvalue weighted by Gasteiger charge is -2.47. The lowest BCUT2D eigenvalue weighted by Crippen LogP contribution is -2.60. The summed E-state index contributed by atoms with van der Waals surface area (Å²) in [7, 11) is 0. The molecule has 47 heavy (non-hydrogen) atoms. The molecule has 12 heteroatoms. The minimum atomic E-state index is -4.16. The number of para-hydroxylation sites is 1. The molecule has 0 spiro atoms. The molecule has 1 aliphatic carbocycles. The van der Waals surface area contributed by atoms with Gasteiger partial charge >= 0.3 is 6.18 Å². The molecule has 1 aromatic heterocycles. The van der Waals surface area contributed by atoms with Crippen molar-refractivity contribution in [2.75, 3.05) is 31.1 Å². The number of rotatable bonds is 6. The highest BCUT2D eigenvalue weighted by atomic mass is 32.2. The van der Waals surface area contributed by atoms with Crippen LogP contribution in [0.25, 0.3) is 0 Å². The highest BCUT2D eigenvalue weighted by Gasteiger charge is 2.62. The fourth-order valence-electron chi connectivity index (χ4n) is 8.67. The van der Waals surface area contributed by atoms with E-state index in [1.165, 1.54) is 37.8 Å². The molecule has 8 nitrogen and oxygen atoms in total. The summed E-state index contributed by atoms with van der Waals surface area (Å²) < 4.78 is 51.5. The normalized spacial score (nSPS) is 34.1. The average molecular weight is 676 g/mol. The molecule has 3 N–H and O–H groups in total. The van der Waals surface area contributed by atoms with Crippen molar-refractivity contribution < 1.29 is 17.9 Å². The first-order chi connectivity index (χ1) is 22.6. The fraction of sp³-hybridized carbons (Fsp3) is 0.743. The monoisotopic (exact) mass is 675 g/mol. The summed E-state index contributed by atoms with van der Waals surface area (Å²) in [5.74, 6) is 1.48.